The van der Waals surface area contributed by atoms with Crippen molar-refractivity contribution in [3.05, 3.63) is 28.2 Å². The highest BCUT2D eigenvalue weighted by atomic mass is 35.5. The molecule has 0 aliphatic rings. The number of hydrogen-bond donors (Lipinski definition) is 0. The van der Waals surface area contributed by atoms with E-state index in [0.717, 1.165) is 29.0 Å². The molecule has 0 aliphatic carbocycles. The maximum atomic E-state index is 6.16. The number of nitrogens with zero attached hydrogens (tertiary/aromatic N) is 3. The van der Waals surface area contributed by atoms with Crippen molar-refractivity contribution in [1.29, 1.82) is 0 Å². The summed E-state index contributed by atoms with van der Waals surface area (Å²) < 4.78 is 1.70. The van der Waals surface area contributed by atoms with Gasteiger partial charge in [0.2, 0.25) is 0 Å². The van der Waals surface area contributed by atoms with Crippen LogP contribution in [-0.4, -0.2) is 14.6 Å². The maximum absolute atomic E-state index is 6.16. The molecule has 74 valence electrons. The molecule has 0 aliphatic heterocycles. The van der Waals surface area contributed by atoms with E-state index in [1.54, 1.807) is 4.52 Å². The van der Waals surface area contributed by atoms with Gasteiger partial charge in [0.05, 0.1) is 0 Å². The molecule has 0 bridgehead atoms. The standard InChI is InChI=1S/C10H12ClN3/c1-4-8-12-9-5-6(2)7(3)10(11)14(9)13-8/h5H,4H2,1-3H3. The van der Waals surface area contributed by atoms with Crippen LogP contribution in [0.15, 0.2) is 6.07 Å². The van der Waals surface area contributed by atoms with E-state index < -0.39 is 0 Å². The molecule has 3 nitrogen and oxygen atoms in total. The summed E-state index contributed by atoms with van der Waals surface area (Å²) in [5.41, 5.74) is 3.04. The highest BCUT2D eigenvalue weighted by Crippen LogP contribution is 2.20. The molecule has 0 fully saturated rings. The predicted molar refractivity (Wildman–Crippen MR) is 56.8 cm³/mol. The van der Waals surface area contributed by atoms with Crippen LogP contribution in [0.5, 0.6) is 0 Å². The third kappa shape index (κ3) is 1.28. The fraction of sp³-hybridized carbons (Fsp3) is 0.400. The van der Waals surface area contributed by atoms with Crippen LogP contribution in [0.1, 0.15) is 23.9 Å². The lowest BCUT2D eigenvalue weighted by molar-refractivity contribution is 0.880. The van der Waals surface area contributed by atoms with Gasteiger partial charge < -0.3 is 0 Å². The number of halogens is 1. The minimum atomic E-state index is 0.659. The second kappa shape index (κ2) is 3.24. The number of aryl methyl sites for hydroxylation is 2. The number of hydrogen-bond acceptors (Lipinski definition) is 2. The van der Waals surface area contributed by atoms with Gasteiger partial charge in [0, 0.05) is 6.42 Å². The maximum Gasteiger partial charge on any atom is 0.157 e. The van der Waals surface area contributed by atoms with Gasteiger partial charge in [-0.15, -0.1) is 5.10 Å². The molecule has 0 aromatic carbocycles. The van der Waals surface area contributed by atoms with E-state index in [4.69, 9.17) is 11.6 Å². The van der Waals surface area contributed by atoms with Gasteiger partial charge in [-0.1, -0.05) is 18.5 Å². The molecule has 0 atom stereocenters. The Hall–Kier alpha value is -1.09. The second-order valence-corrected chi connectivity index (χ2v) is 3.75. The van der Waals surface area contributed by atoms with Crippen LogP contribution in [0.3, 0.4) is 0 Å². The molecule has 0 radical (unpaired) electrons. The minimum Gasteiger partial charge on any atom is -0.212 e. The molecule has 2 rings (SSSR count). The van der Waals surface area contributed by atoms with E-state index in [9.17, 15) is 0 Å². The van der Waals surface area contributed by atoms with Gasteiger partial charge in [-0.3, -0.25) is 0 Å². The van der Waals surface area contributed by atoms with Crippen molar-refractivity contribution in [1.82, 2.24) is 14.6 Å². The van der Waals surface area contributed by atoms with Gasteiger partial charge >= 0.3 is 0 Å². The van der Waals surface area contributed by atoms with E-state index >= 15 is 0 Å². The van der Waals surface area contributed by atoms with E-state index in [1.807, 2.05) is 26.8 Å². The first-order valence-corrected chi connectivity index (χ1v) is 5.02. The predicted octanol–water partition coefficient (Wildman–Crippen LogP) is 2.56. The number of fused-ring (bicyclic) bond motifs is 1. The Kier molecular flexibility index (Phi) is 2.19. The third-order valence-electron chi connectivity index (χ3n) is 2.42. The third-order valence-corrected chi connectivity index (χ3v) is 2.87. The molecule has 2 aromatic heterocycles. The normalized spacial score (nSPS) is 11.1. The molecule has 0 amide bonds. The average Bonchev–Trinajstić information content (AvgIpc) is 2.57. The number of rotatable bonds is 1. The lowest BCUT2D eigenvalue weighted by Crippen LogP contribution is -1.95. The van der Waals surface area contributed by atoms with Gasteiger partial charge in [-0.05, 0) is 31.0 Å². The molecule has 2 heterocycles. The van der Waals surface area contributed by atoms with Gasteiger partial charge in [-0.2, -0.15) is 0 Å². The fourth-order valence-corrected chi connectivity index (χ4v) is 1.65. The summed E-state index contributed by atoms with van der Waals surface area (Å²) in [7, 11) is 0. The molecule has 0 saturated carbocycles. The van der Waals surface area contributed by atoms with Gasteiger partial charge in [-0.25, -0.2) is 9.50 Å². The van der Waals surface area contributed by atoms with E-state index in [-0.39, 0.29) is 0 Å². The van der Waals surface area contributed by atoms with E-state index in [0.29, 0.717) is 5.15 Å². The first-order chi connectivity index (χ1) is 6.63. The lowest BCUT2D eigenvalue weighted by Gasteiger charge is -2.03. The summed E-state index contributed by atoms with van der Waals surface area (Å²) in [6.07, 6.45) is 0.829. The van der Waals surface area contributed by atoms with Crippen molar-refractivity contribution in [3.63, 3.8) is 0 Å². The highest BCUT2D eigenvalue weighted by Gasteiger charge is 2.09. The van der Waals surface area contributed by atoms with Gasteiger partial charge in [0.25, 0.3) is 0 Å². The van der Waals surface area contributed by atoms with Crippen LogP contribution >= 0.6 is 11.6 Å². The lowest BCUT2D eigenvalue weighted by atomic mass is 10.2. The van der Waals surface area contributed by atoms with Crippen LogP contribution in [-0.2, 0) is 6.42 Å². The topological polar surface area (TPSA) is 30.2 Å². The number of aromatic nitrogens is 3. The van der Waals surface area contributed by atoms with Gasteiger partial charge in [0.15, 0.2) is 11.5 Å². The van der Waals surface area contributed by atoms with Crippen LogP contribution in [0.25, 0.3) is 5.65 Å². The number of pyridine rings is 1. The first kappa shape index (κ1) is 9.46. The zero-order chi connectivity index (χ0) is 10.3. The second-order valence-electron chi connectivity index (χ2n) is 3.39. The molecule has 0 unspecified atom stereocenters. The van der Waals surface area contributed by atoms with Crippen LogP contribution < -0.4 is 0 Å². The Morgan fingerprint density at radius 2 is 2.14 bits per heavy atom. The van der Waals surface area contributed by atoms with Crippen molar-refractivity contribution >= 4 is 17.2 Å². The average molecular weight is 210 g/mol. The summed E-state index contributed by atoms with van der Waals surface area (Å²) in [6, 6.07) is 2.01. The van der Waals surface area contributed by atoms with Crippen molar-refractivity contribution in [2.45, 2.75) is 27.2 Å². The summed E-state index contributed by atoms with van der Waals surface area (Å²) in [4.78, 5) is 4.36. The summed E-state index contributed by atoms with van der Waals surface area (Å²) >= 11 is 6.16. The Morgan fingerprint density at radius 3 is 2.79 bits per heavy atom. The molecule has 4 heteroatoms. The molecular formula is C10H12ClN3. The quantitative estimate of drug-likeness (QED) is 0.676. The zero-order valence-corrected chi connectivity index (χ0v) is 9.26. The van der Waals surface area contributed by atoms with Crippen molar-refractivity contribution in [2.24, 2.45) is 0 Å². The van der Waals surface area contributed by atoms with Crippen molar-refractivity contribution in [3.8, 4) is 0 Å². The molecule has 14 heavy (non-hydrogen) atoms. The smallest absolute Gasteiger partial charge is 0.157 e. The summed E-state index contributed by atoms with van der Waals surface area (Å²) in [5, 5.41) is 4.97. The van der Waals surface area contributed by atoms with Crippen LogP contribution in [0.2, 0.25) is 5.15 Å². The monoisotopic (exact) mass is 209 g/mol. The first-order valence-electron chi connectivity index (χ1n) is 4.65. The van der Waals surface area contributed by atoms with Crippen molar-refractivity contribution < 1.29 is 0 Å². The van der Waals surface area contributed by atoms with Crippen LogP contribution in [0.4, 0.5) is 0 Å². The Morgan fingerprint density at radius 1 is 1.43 bits per heavy atom. The van der Waals surface area contributed by atoms with E-state index in [1.165, 1.54) is 0 Å². The zero-order valence-electron chi connectivity index (χ0n) is 8.50. The fourth-order valence-electron chi connectivity index (χ4n) is 1.38. The molecular weight excluding hydrogens is 198 g/mol. The van der Waals surface area contributed by atoms with Crippen molar-refractivity contribution in [2.75, 3.05) is 0 Å². The molecule has 0 saturated heterocycles. The minimum absolute atomic E-state index is 0.659. The Balaban J connectivity index is 2.81. The van der Waals surface area contributed by atoms with Crippen LogP contribution in [0, 0.1) is 13.8 Å². The molecule has 2 aromatic rings. The summed E-state index contributed by atoms with van der Waals surface area (Å²) in [5.74, 6) is 0.830. The van der Waals surface area contributed by atoms with Gasteiger partial charge in [0.1, 0.15) is 5.15 Å². The Bertz CT molecular complexity index is 488. The largest absolute Gasteiger partial charge is 0.212 e. The Labute approximate surface area is 87.7 Å². The highest BCUT2D eigenvalue weighted by molar-refractivity contribution is 6.30. The summed E-state index contributed by atoms with van der Waals surface area (Å²) in [6.45, 7) is 6.05. The van der Waals surface area contributed by atoms with E-state index in [2.05, 4.69) is 10.1 Å². The molecule has 0 spiro atoms. The molecule has 0 N–H and O–H groups in total. The SMILES string of the molecule is CCc1nc2cc(C)c(C)c(Cl)n2n1.